The average Bonchev–Trinajstić information content (AvgIpc) is 2.67. The van der Waals surface area contributed by atoms with Crippen LogP contribution in [0.1, 0.15) is 39.2 Å². The number of hydrogen-bond acceptors (Lipinski definition) is 4. The average molecular weight is 350 g/mol. The molecule has 2 amide bonds. The van der Waals surface area contributed by atoms with E-state index in [9.17, 15) is 14.4 Å². The molecular formula is C20H18N2O4. The fourth-order valence-corrected chi connectivity index (χ4v) is 2.92. The van der Waals surface area contributed by atoms with Gasteiger partial charge in [0.2, 0.25) is 0 Å². The third kappa shape index (κ3) is 3.35. The number of esters is 1. The van der Waals surface area contributed by atoms with Crippen LogP contribution in [-0.4, -0.2) is 24.9 Å². The first-order valence-corrected chi connectivity index (χ1v) is 8.07. The second kappa shape index (κ2) is 7.23. The van der Waals surface area contributed by atoms with Crippen LogP contribution in [0.5, 0.6) is 0 Å². The molecule has 26 heavy (non-hydrogen) atoms. The lowest BCUT2D eigenvalue weighted by atomic mass is 9.89. The third-order valence-corrected chi connectivity index (χ3v) is 4.21. The maximum Gasteiger partial charge on any atom is 0.337 e. The van der Waals surface area contributed by atoms with Gasteiger partial charge in [-0.25, -0.2) is 9.59 Å². The molecule has 0 saturated heterocycles. The van der Waals surface area contributed by atoms with Crippen molar-refractivity contribution in [1.29, 1.82) is 0 Å². The number of hydrogen-bond donors (Lipinski definition) is 2. The minimum Gasteiger partial charge on any atom is -0.465 e. The Labute approximate surface area is 150 Å². The molecule has 0 saturated carbocycles. The van der Waals surface area contributed by atoms with E-state index in [4.69, 9.17) is 4.74 Å². The Balaban J connectivity index is 2.00. The molecule has 0 radical (unpaired) electrons. The van der Waals surface area contributed by atoms with Gasteiger partial charge in [0.05, 0.1) is 18.7 Å². The number of allylic oxidation sites excluding steroid dienone is 1. The topological polar surface area (TPSA) is 84.5 Å². The Morgan fingerprint density at radius 1 is 0.962 bits per heavy atom. The SMILES string of the molecule is COC(=O)c1ccc(C2NC(=O)NC(C)=C2C(=O)c2ccccc2)cc1. The summed E-state index contributed by atoms with van der Waals surface area (Å²) in [6.45, 7) is 1.70. The molecule has 0 bridgehead atoms. The highest BCUT2D eigenvalue weighted by Gasteiger charge is 2.31. The summed E-state index contributed by atoms with van der Waals surface area (Å²) in [7, 11) is 1.31. The van der Waals surface area contributed by atoms with Crippen molar-refractivity contribution in [3.63, 3.8) is 0 Å². The lowest BCUT2D eigenvalue weighted by molar-refractivity contribution is 0.0600. The number of carbonyl (C=O) groups excluding carboxylic acids is 3. The predicted octanol–water partition coefficient (Wildman–Crippen LogP) is 2.98. The van der Waals surface area contributed by atoms with E-state index in [1.54, 1.807) is 55.5 Å². The maximum absolute atomic E-state index is 13.0. The summed E-state index contributed by atoms with van der Waals surface area (Å²) in [5.74, 6) is -0.615. The number of Topliss-reactive ketones (excluding diaryl/α,β-unsaturated/α-hetero) is 1. The molecule has 1 aliphatic heterocycles. The Hall–Kier alpha value is -3.41. The molecule has 2 N–H and O–H groups in total. The van der Waals surface area contributed by atoms with Gasteiger partial charge in [0.25, 0.3) is 0 Å². The quantitative estimate of drug-likeness (QED) is 0.656. The predicted molar refractivity (Wildman–Crippen MR) is 95.7 cm³/mol. The summed E-state index contributed by atoms with van der Waals surface area (Å²) in [5.41, 5.74) is 2.60. The van der Waals surface area contributed by atoms with Gasteiger partial charge in [-0.05, 0) is 24.6 Å². The molecule has 1 aliphatic rings. The van der Waals surface area contributed by atoms with Gasteiger partial charge in [-0.15, -0.1) is 0 Å². The molecule has 3 rings (SSSR count). The van der Waals surface area contributed by atoms with E-state index in [2.05, 4.69) is 10.6 Å². The van der Waals surface area contributed by atoms with Crippen molar-refractivity contribution in [1.82, 2.24) is 10.6 Å². The number of methoxy groups -OCH3 is 1. The van der Waals surface area contributed by atoms with E-state index >= 15 is 0 Å². The number of carbonyl (C=O) groups is 3. The lowest BCUT2D eigenvalue weighted by Crippen LogP contribution is -2.45. The van der Waals surface area contributed by atoms with Crippen LogP contribution in [0.25, 0.3) is 0 Å². The van der Waals surface area contributed by atoms with Crippen LogP contribution in [0, 0.1) is 0 Å². The molecule has 2 aromatic carbocycles. The minimum atomic E-state index is -0.608. The number of amides is 2. The molecule has 0 aromatic heterocycles. The molecule has 1 unspecified atom stereocenters. The second-order valence-corrected chi connectivity index (χ2v) is 5.88. The number of ether oxygens (including phenoxy) is 1. The van der Waals surface area contributed by atoms with E-state index in [1.807, 2.05) is 6.07 Å². The fourth-order valence-electron chi connectivity index (χ4n) is 2.92. The van der Waals surface area contributed by atoms with E-state index in [0.29, 0.717) is 28.0 Å². The molecule has 0 aliphatic carbocycles. The summed E-state index contributed by atoms with van der Waals surface area (Å²) >= 11 is 0. The Morgan fingerprint density at radius 3 is 2.23 bits per heavy atom. The highest BCUT2D eigenvalue weighted by atomic mass is 16.5. The molecule has 0 fully saturated rings. The Bertz CT molecular complexity index is 886. The van der Waals surface area contributed by atoms with Crippen molar-refractivity contribution >= 4 is 17.8 Å². The number of benzene rings is 2. The van der Waals surface area contributed by atoms with Gasteiger partial charge in [0.1, 0.15) is 0 Å². The van der Waals surface area contributed by atoms with Crippen molar-refractivity contribution in [2.24, 2.45) is 0 Å². The van der Waals surface area contributed by atoms with Gasteiger partial charge in [0, 0.05) is 16.8 Å². The zero-order chi connectivity index (χ0) is 18.7. The second-order valence-electron chi connectivity index (χ2n) is 5.88. The number of ketones is 1. The highest BCUT2D eigenvalue weighted by Crippen LogP contribution is 2.29. The first kappa shape index (κ1) is 17.4. The van der Waals surface area contributed by atoms with Crippen LogP contribution in [0.4, 0.5) is 4.79 Å². The first-order valence-electron chi connectivity index (χ1n) is 8.07. The molecule has 132 valence electrons. The van der Waals surface area contributed by atoms with Crippen molar-refractivity contribution in [2.75, 3.05) is 7.11 Å². The molecule has 2 aromatic rings. The summed E-state index contributed by atoms with van der Waals surface area (Å²) in [5, 5.41) is 5.43. The van der Waals surface area contributed by atoms with Gasteiger partial charge in [-0.3, -0.25) is 4.79 Å². The molecule has 0 spiro atoms. The summed E-state index contributed by atoms with van der Waals surface area (Å²) in [4.78, 5) is 36.5. The van der Waals surface area contributed by atoms with Crippen molar-refractivity contribution in [3.05, 3.63) is 82.6 Å². The molecular weight excluding hydrogens is 332 g/mol. The van der Waals surface area contributed by atoms with E-state index in [1.165, 1.54) is 7.11 Å². The molecule has 1 atom stereocenters. The number of rotatable bonds is 4. The van der Waals surface area contributed by atoms with Gasteiger partial charge >= 0.3 is 12.0 Å². The van der Waals surface area contributed by atoms with Crippen molar-refractivity contribution in [2.45, 2.75) is 13.0 Å². The maximum atomic E-state index is 13.0. The van der Waals surface area contributed by atoms with Gasteiger partial charge in [-0.2, -0.15) is 0 Å². The van der Waals surface area contributed by atoms with Gasteiger partial charge < -0.3 is 15.4 Å². The molecule has 1 heterocycles. The van der Waals surface area contributed by atoms with E-state index < -0.39 is 12.0 Å². The first-order chi connectivity index (χ1) is 12.5. The fraction of sp³-hybridized carbons (Fsp3) is 0.150. The van der Waals surface area contributed by atoms with Crippen LogP contribution in [-0.2, 0) is 4.74 Å². The normalized spacial score (nSPS) is 16.5. The monoisotopic (exact) mass is 350 g/mol. The lowest BCUT2D eigenvalue weighted by Gasteiger charge is -2.28. The van der Waals surface area contributed by atoms with E-state index in [0.717, 1.165) is 0 Å². The standard InChI is InChI=1S/C20H18N2O4/c1-12-16(18(23)14-6-4-3-5-7-14)17(22-20(25)21-12)13-8-10-15(11-9-13)19(24)26-2/h3-11,17H,1-2H3,(H2,21,22,25). The zero-order valence-corrected chi connectivity index (χ0v) is 14.4. The van der Waals surface area contributed by atoms with Gasteiger partial charge in [-0.1, -0.05) is 42.5 Å². The number of nitrogens with one attached hydrogen (secondary N) is 2. The van der Waals surface area contributed by atoms with E-state index in [-0.39, 0.29) is 11.8 Å². The highest BCUT2D eigenvalue weighted by molar-refractivity contribution is 6.11. The van der Waals surface area contributed by atoms with Crippen LogP contribution in [0.3, 0.4) is 0 Å². The largest absolute Gasteiger partial charge is 0.465 e. The summed E-state index contributed by atoms with van der Waals surface area (Å²) in [6, 6.07) is 14.5. The van der Waals surface area contributed by atoms with Gasteiger partial charge in [0.15, 0.2) is 5.78 Å². The molecule has 6 heteroatoms. The summed E-state index contributed by atoms with van der Waals surface area (Å²) in [6.07, 6.45) is 0. The van der Waals surface area contributed by atoms with Crippen molar-refractivity contribution < 1.29 is 19.1 Å². The van der Waals surface area contributed by atoms with Crippen molar-refractivity contribution in [3.8, 4) is 0 Å². The minimum absolute atomic E-state index is 0.169. The molecule has 6 nitrogen and oxygen atoms in total. The smallest absolute Gasteiger partial charge is 0.337 e. The summed E-state index contributed by atoms with van der Waals surface area (Å²) < 4.78 is 4.69. The Morgan fingerprint density at radius 2 is 1.62 bits per heavy atom. The number of urea groups is 1. The van der Waals surface area contributed by atoms with Crippen LogP contribution >= 0.6 is 0 Å². The zero-order valence-electron chi connectivity index (χ0n) is 14.4. The third-order valence-electron chi connectivity index (χ3n) is 4.21. The van der Waals surface area contributed by atoms with Crippen LogP contribution < -0.4 is 10.6 Å². The Kier molecular flexibility index (Phi) is 4.84. The van der Waals surface area contributed by atoms with Crippen LogP contribution in [0.15, 0.2) is 65.9 Å². The van der Waals surface area contributed by atoms with Crippen LogP contribution in [0.2, 0.25) is 0 Å².